The van der Waals surface area contributed by atoms with Gasteiger partial charge in [-0.25, -0.2) is 4.39 Å². The van der Waals surface area contributed by atoms with Crippen LogP contribution in [0, 0.1) is 5.82 Å². The highest BCUT2D eigenvalue weighted by atomic mass is 79.9. The number of rotatable bonds is 4. The SMILES string of the molecule is O=C(Nc1sc2c(c1C(=O)c1ccc(Br)cc1)CCCC2)c1ccccc1F. The third-order valence-electron chi connectivity index (χ3n) is 4.85. The normalized spacial score (nSPS) is 13.1. The van der Waals surface area contributed by atoms with E-state index in [1.54, 1.807) is 24.3 Å². The number of thiophene rings is 1. The number of carbonyl (C=O) groups excluding carboxylic acids is 2. The van der Waals surface area contributed by atoms with Crippen molar-refractivity contribution in [3.63, 3.8) is 0 Å². The van der Waals surface area contributed by atoms with Gasteiger partial charge in [0, 0.05) is 14.9 Å². The van der Waals surface area contributed by atoms with Gasteiger partial charge in [0.15, 0.2) is 5.78 Å². The van der Waals surface area contributed by atoms with Crippen molar-refractivity contribution in [2.45, 2.75) is 25.7 Å². The third kappa shape index (κ3) is 3.66. The highest BCUT2D eigenvalue weighted by molar-refractivity contribution is 9.10. The summed E-state index contributed by atoms with van der Waals surface area (Å²) in [5.41, 5.74) is 2.10. The fourth-order valence-corrected chi connectivity index (χ4v) is 5.00. The third-order valence-corrected chi connectivity index (χ3v) is 6.59. The van der Waals surface area contributed by atoms with Crippen LogP contribution in [0.2, 0.25) is 0 Å². The highest BCUT2D eigenvalue weighted by Crippen LogP contribution is 2.39. The summed E-state index contributed by atoms with van der Waals surface area (Å²) in [5.74, 6) is -1.24. The lowest BCUT2D eigenvalue weighted by atomic mass is 9.92. The molecule has 6 heteroatoms. The van der Waals surface area contributed by atoms with E-state index in [1.807, 2.05) is 12.1 Å². The fourth-order valence-electron chi connectivity index (χ4n) is 3.46. The predicted octanol–water partition coefficient (Wildman–Crippen LogP) is 6.01. The van der Waals surface area contributed by atoms with Gasteiger partial charge in [-0.05, 0) is 67.6 Å². The molecule has 1 aliphatic carbocycles. The van der Waals surface area contributed by atoms with Crippen LogP contribution in [-0.4, -0.2) is 11.7 Å². The maximum atomic E-state index is 14.0. The Hall–Kier alpha value is -2.31. The lowest BCUT2D eigenvalue weighted by Gasteiger charge is -2.13. The number of hydrogen-bond acceptors (Lipinski definition) is 3. The number of aryl methyl sites for hydroxylation is 1. The van der Waals surface area contributed by atoms with E-state index in [4.69, 9.17) is 0 Å². The zero-order valence-corrected chi connectivity index (χ0v) is 17.3. The molecule has 1 heterocycles. The zero-order chi connectivity index (χ0) is 19.7. The molecule has 142 valence electrons. The monoisotopic (exact) mass is 457 g/mol. The topological polar surface area (TPSA) is 46.2 Å². The summed E-state index contributed by atoms with van der Waals surface area (Å²) in [6, 6.07) is 13.0. The van der Waals surface area contributed by atoms with E-state index in [-0.39, 0.29) is 11.3 Å². The highest BCUT2D eigenvalue weighted by Gasteiger charge is 2.27. The number of anilines is 1. The van der Waals surface area contributed by atoms with Crippen LogP contribution in [0.1, 0.15) is 49.6 Å². The van der Waals surface area contributed by atoms with Gasteiger partial charge in [-0.15, -0.1) is 11.3 Å². The van der Waals surface area contributed by atoms with E-state index >= 15 is 0 Å². The van der Waals surface area contributed by atoms with Gasteiger partial charge in [-0.1, -0.05) is 28.1 Å². The molecular weight excluding hydrogens is 441 g/mol. The van der Waals surface area contributed by atoms with Crippen molar-refractivity contribution in [1.82, 2.24) is 0 Å². The van der Waals surface area contributed by atoms with Crippen molar-refractivity contribution < 1.29 is 14.0 Å². The van der Waals surface area contributed by atoms with E-state index < -0.39 is 11.7 Å². The quantitative estimate of drug-likeness (QED) is 0.487. The van der Waals surface area contributed by atoms with Crippen LogP contribution in [-0.2, 0) is 12.8 Å². The standard InChI is InChI=1S/C22H17BrFNO2S/c23-14-11-9-13(10-12-14)20(26)19-16-6-2-4-8-18(16)28-22(19)25-21(27)15-5-1-3-7-17(15)24/h1,3,5,7,9-12H,2,4,6,8H2,(H,25,27). The first-order chi connectivity index (χ1) is 13.5. The first-order valence-corrected chi connectivity index (χ1v) is 10.7. The summed E-state index contributed by atoms with van der Waals surface area (Å²) in [5, 5.41) is 3.30. The molecule has 1 aromatic heterocycles. The number of benzene rings is 2. The second-order valence-corrected chi connectivity index (χ2v) is 8.71. The summed E-state index contributed by atoms with van der Waals surface area (Å²) in [6.45, 7) is 0. The van der Waals surface area contributed by atoms with E-state index in [0.717, 1.165) is 40.6 Å². The molecule has 1 amide bonds. The minimum absolute atomic E-state index is 0.0316. The van der Waals surface area contributed by atoms with Crippen molar-refractivity contribution in [2.24, 2.45) is 0 Å². The van der Waals surface area contributed by atoms with Crippen LogP contribution < -0.4 is 5.32 Å². The van der Waals surface area contributed by atoms with E-state index in [9.17, 15) is 14.0 Å². The summed E-state index contributed by atoms with van der Waals surface area (Å²) < 4.78 is 14.9. The first-order valence-electron chi connectivity index (χ1n) is 9.05. The molecule has 0 saturated heterocycles. The van der Waals surface area contributed by atoms with Crippen molar-refractivity contribution >= 4 is 44.0 Å². The maximum Gasteiger partial charge on any atom is 0.259 e. The van der Waals surface area contributed by atoms with Crippen LogP contribution in [0.15, 0.2) is 53.0 Å². The van der Waals surface area contributed by atoms with Crippen LogP contribution in [0.3, 0.4) is 0 Å². The molecule has 0 saturated carbocycles. The van der Waals surface area contributed by atoms with Gasteiger partial charge < -0.3 is 5.32 Å². The van der Waals surface area contributed by atoms with Crippen LogP contribution in [0.5, 0.6) is 0 Å². The number of halogens is 2. The Balaban J connectivity index is 1.74. The Kier molecular flexibility index (Phi) is 5.42. The fraction of sp³-hybridized carbons (Fsp3) is 0.182. The minimum Gasteiger partial charge on any atom is -0.313 e. The zero-order valence-electron chi connectivity index (χ0n) is 14.9. The molecule has 0 bridgehead atoms. The second kappa shape index (κ2) is 7.97. The average molecular weight is 458 g/mol. The smallest absolute Gasteiger partial charge is 0.259 e. The van der Waals surface area contributed by atoms with Crippen molar-refractivity contribution in [3.8, 4) is 0 Å². The Bertz CT molecular complexity index is 1060. The molecule has 4 rings (SSSR count). The molecule has 0 unspecified atom stereocenters. The first kappa shape index (κ1) is 19.0. The molecule has 28 heavy (non-hydrogen) atoms. The van der Waals surface area contributed by atoms with E-state index in [2.05, 4.69) is 21.2 Å². The van der Waals surface area contributed by atoms with E-state index in [0.29, 0.717) is 16.1 Å². The molecule has 0 atom stereocenters. The van der Waals surface area contributed by atoms with Crippen LogP contribution in [0.25, 0.3) is 0 Å². The Morgan fingerprint density at radius 3 is 2.46 bits per heavy atom. The predicted molar refractivity (Wildman–Crippen MR) is 113 cm³/mol. The van der Waals surface area contributed by atoms with Crippen molar-refractivity contribution in [2.75, 3.05) is 5.32 Å². The summed E-state index contributed by atoms with van der Waals surface area (Å²) in [4.78, 5) is 27.0. The minimum atomic E-state index is -0.581. The lowest BCUT2D eigenvalue weighted by Crippen LogP contribution is -2.16. The summed E-state index contributed by atoms with van der Waals surface area (Å²) >= 11 is 4.81. The number of nitrogens with one attached hydrogen (secondary N) is 1. The molecule has 1 N–H and O–H groups in total. The van der Waals surface area contributed by atoms with Crippen LogP contribution >= 0.6 is 27.3 Å². The number of carbonyl (C=O) groups is 2. The molecule has 0 fully saturated rings. The molecule has 0 spiro atoms. The van der Waals surface area contributed by atoms with E-state index in [1.165, 1.54) is 23.5 Å². The Labute approximate surface area is 174 Å². The molecular formula is C22H17BrFNO2S. The Morgan fingerprint density at radius 2 is 1.71 bits per heavy atom. The van der Waals surface area contributed by atoms with Gasteiger partial charge in [0.2, 0.25) is 0 Å². The van der Waals surface area contributed by atoms with Gasteiger partial charge in [0.25, 0.3) is 5.91 Å². The van der Waals surface area contributed by atoms with Gasteiger partial charge in [-0.3, -0.25) is 9.59 Å². The largest absolute Gasteiger partial charge is 0.313 e. The second-order valence-electron chi connectivity index (χ2n) is 6.69. The number of hydrogen-bond donors (Lipinski definition) is 1. The van der Waals surface area contributed by atoms with Gasteiger partial charge in [-0.2, -0.15) is 0 Å². The molecule has 0 radical (unpaired) electrons. The van der Waals surface area contributed by atoms with Gasteiger partial charge >= 0.3 is 0 Å². The van der Waals surface area contributed by atoms with Gasteiger partial charge in [0.1, 0.15) is 10.8 Å². The van der Waals surface area contributed by atoms with Crippen molar-refractivity contribution in [3.05, 3.63) is 86.0 Å². The number of fused-ring (bicyclic) bond motifs is 1. The lowest BCUT2D eigenvalue weighted by molar-refractivity contribution is 0.102. The molecule has 2 aromatic carbocycles. The molecule has 3 nitrogen and oxygen atoms in total. The number of amides is 1. The summed E-state index contributed by atoms with van der Waals surface area (Å²) in [7, 11) is 0. The Morgan fingerprint density at radius 1 is 1.00 bits per heavy atom. The number of ketones is 1. The summed E-state index contributed by atoms with van der Waals surface area (Å²) in [6.07, 6.45) is 3.81. The van der Waals surface area contributed by atoms with Crippen LogP contribution in [0.4, 0.5) is 9.39 Å². The maximum absolute atomic E-state index is 14.0. The van der Waals surface area contributed by atoms with Gasteiger partial charge in [0.05, 0.1) is 11.1 Å². The molecule has 0 aliphatic heterocycles. The molecule has 1 aliphatic rings. The molecule has 3 aromatic rings. The average Bonchev–Trinajstić information content (AvgIpc) is 3.06. The van der Waals surface area contributed by atoms with Crippen molar-refractivity contribution in [1.29, 1.82) is 0 Å².